The second-order valence-electron chi connectivity index (χ2n) is 3.18. The van der Waals surface area contributed by atoms with Gasteiger partial charge >= 0.3 is 0 Å². The van der Waals surface area contributed by atoms with Crippen molar-refractivity contribution in [3.8, 4) is 5.75 Å². The second kappa shape index (κ2) is 5.20. The third-order valence-electron chi connectivity index (χ3n) is 2.19. The van der Waals surface area contributed by atoms with E-state index in [4.69, 9.17) is 4.74 Å². The van der Waals surface area contributed by atoms with Gasteiger partial charge in [-0.3, -0.25) is 0 Å². The van der Waals surface area contributed by atoms with E-state index in [0.29, 0.717) is 12.4 Å². The van der Waals surface area contributed by atoms with E-state index in [1.54, 1.807) is 12.1 Å². The van der Waals surface area contributed by atoms with Crippen LogP contribution in [0.25, 0.3) is 0 Å². The van der Waals surface area contributed by atoms with Crippen LogP contribution in [0.3, 0.4) is 0 Å². The predicted octanol–water partition coefficient (Wildman–Crippen LogP) is 1.47. The number of ether oxygens (including phenoxy) is 1. The summed E-state index contributed by atoms with van der Waals surface area (Å²) in [5.41, 5.74) is 1.08. The van der Waals surface area contributed by atoms with Gasteiger partial charge in [0.2, 0.25) is 0 Å². The molecule has 1 aromatic carbocycles. The Morgan fingerprint density at radius 2 is 2.29 bits per heavy atom. The van der Waals surface area contributed by atoms with Gasteiger partial charge in [-0.05, 0) is 17.7 Å². The Balaban J connectivity index is 0.000000980. The van der Waals surface area contributed by atoms with Crippen LogP contribution in [0.15, 0.2) is 24.3 Å². The maximum absolute atomic E-state index is 9.28. The van der Waals surface area contributed by atoms with Crippen LogP contribution in [0.1, 0.15) is 11.6 Å². The van der Waals surface area contributed by atoms with E-state index in [0.717, 1.165) is 18.7 Å². The summed E-state index contributed by atoms with van der Waals surface area (Å²) >= 11 is 0. The zero-order chi connectivity index (χ0) is 9.10. The van der Waals surface area contributed by atoms with Crippen LogP contribution in [0.5, 0.6) is 5.75 Å². The highest BCUT2D eigenvalue weighted by molar-refractivity contribution is 5.85. The lowest BCUT2D eigenvalue weighted by molar-refractivity contribution is 0.0768. The molecule has 2 rings (SSSR count). The van der Waals surface area contributed by atoms with Gasteiger partial charge in [0.15, 0.2) is 0 Å². The Labute approximate surface area is 89.5 Å². The van der Waals surface area contributed by atoms with E-state index >= 15 is 0 Å². The number of morpholine rings is 1. The molecule has 78 valence electrons. The molecule has 0 saturated carbocycles. The van der Waals surface area contributed by atoms with Gasteiger partial charge in [-0.15, -0.1) is 12.4 Å². The Hall–Kier alpha value is -0.770. The Bertz CT molecular complexity index is 287. The first-order valence-electron chi connectivity index (χ1n) is 4.46. The van der Waals surface area contributed by atoms with Crippen LogP contribution >= 0.6 is 12.4 Å². The fourth-order valence-electron chi connectivity index (χ4n) is 1.52. The van der Waals surface area contributed by atoms with Gasteiger partial charge in [-0.1, -0.05) is 12.1 Å². The third-order valence-corrected chi connectivity index (χ3v) is 2.19. The largest absolute Gasteiger partial charge is 0.508 e. The number of phenols is 1. The Morgan fingerprint density at radius 3 is 2.93 bits per heavy atom. The molecule has 0 radical (unpaired) electrons. The molecule has 1 aliphatic heterocycles. The quantitative estimate of drug-likeness (QED) is 0.746. The lowest BCUT2D eigenvalue weighted by Crippen LogP contribution is -2.34. The number of rotatable bonds is 1. The fraction of sp³-hybridized carbons (Fsp3) is 0.400. The summed E-state index contributed by atoms with van der Waals surface area (Å²) in [6.07, 6.45) is 0. The molecule has 0 aromatic heterocycles. The fourth-order valence-corrected chi connectivity index (χ4v) is 1.52. The van der Waals surface area contributed by atoms with E-state index in [1.165, 1.54) is 0 Å². The summed E-state index contributed by atoms with van der Waals surface area (Å²) < 4.78 is 5.33. The van der Waals surface area contributed by atoms with Gasteiger partial charge in [0.05, 0.1) is 19.3 Å². The average molecular weight is 216 g/mol. The van der Waals surface area contributed by atoms with Crippen molar-refractivity contribution in [2.75, 3.05) is 19.8 Å². The van der Waals surface area contributed by atoms with Gasteiger partial charge in [0, 0.05) is 6.54 Å². The number of phenolic OH excluding ortho intramolecular Hbond substituents is 1. The molecular formula is C10H14ClNO2. The number of benzene rings is 1. The number of aromatic hydroxyl groups is 1. The van der Waals surface area contributed by atoms with Gasteiger partial charge in [-0.2, -0.15) is 0 Å². The second-order valence-corrected chi connectivity index (χ2v) is 3.18. The molecule has 3 nitrogen and oxygen atoms in total. The van der Waals surface area contributed by atoms with Crippen LogP contribution in [0.4, 0.5) is 0 Å². The number of hydrogen-bond donors (Lipinski definition) is 2. The number of nitrogens with one attached hydrogen (secondary N) is 1. The molecule has 4 heteroatoms. The van der Waals surface area contributed by atoms with Crippen molar-refractivity contribution in [2.45, 2.75) is 6.04 Å². The van der Waals surface area contributed by atoms with Crippen molar-refractivity contribution in [1.29, 1.82) is 0 Å². The maximum atomic E-state index is 9.28. The van der Waals surface area contributed by atoms with E-state index in [2.05, 4.69) is 5.32 Å². The summed E-state index contributed by atoms with van der Waals surface area (Å²) in [6, 6.07) is 7.51. The van der Waals surface area contributed by atoms with Gasteiger partial charge in [0.25, 0.3) is 0 Å². The van der Waals surface area contributed by atoms with E-state index in [1.807, 2.05) is 12.1 Å². The molecule has 0 bridgehead atoms. The standard InChI is InChI=1S/C10H13NO2.ClH/c12-9-3-1-2-8(6-9)10-7-13-5-4-11-10;/h1-3,6,10-12H,4-5,7H2;1H/t10-;/m1./s1. The summed E-state index contributed by atoms with van der Waals surface area (Å²) in [6.45, 7) is 2.33. The van der Waals surface area contributed by atoms with Crippen LogP contribution in [-0.4, -0.2) is 24.9 Å². The smallest absolute Gasteiger partial charge is 0.115 e. The molecule has 1 aliphatic rings. The maximum Gasteiger partial charge on any atom is 0.115 e. The summed E-state index contributed by atoms with van der Waals surface area (Å²) in [5.74, 6) is 0.310. The van der Waals surface area contributed by atoms with Crippen molar-refractivity contribution >= 4 is 12.4 Å². The molecule has 2 N–H and O–H groups in total. The zero-order valence-electron chi connectivity index (χ0n) is 7.77. The molecule has 0 amide bonds. The van der Waals surface area contributed by atoms with Crippen LogP contribution in [0.2, 0.25) is 0 Å². The van der Waals surface area contributed by atoms with Crippen molar-refractivity contribution in [3.05, 3.63) is 29.8 Å². The SMILES string of the molecule is Cl.Oc1cccc([C@H]2COCCN2)c1. The topological polar surface area (TPSA) is 41.5 Å². The molecule has 1 aromatic rings. The number of halogens is 1. The average Bonchev–Trinajstić information content (AvgIpc) is 2.19. The summed E-state index contributed by atoms with van der Waals surface area (Å²) in [5, 5.41) is 12.6. The lowest BCUT2D eigenvalue weighted by atomic mass is 10.1. The normalized spacial score (nSPS) is 21.3. The molecule has 0 aliphatic carbocycles. The number of hydrogen-bond acceptors (Lipinski definition) is 3. The molecule has 1 fully saturated rings. The van der Waals surface area contributed by atoms with Crippen LogP contribution in [0, 0.1) is 0 Å². The van der Waals surface area contributed by atoms with Crippen LogP contribution < -0.4 is 5.32 Å². The van der Waals surface area contributed by atoms with E-state index < -0.39 is 0 Å². The minimum atomic E-state index is 0. The molecule has 1 saturated heterocycles. The molecule has 1 atom stereocenters. The zero-order valence-corrected chi connectivity index (χ0v) is 8.59. The first-order valence-corrected chi connectivity index (χ1v) is 4.46. The first-order chi connectivity index (χ1) is 6.36. The monoisotopic (exact) mass is 215 g/mol. The van der Waals surface area contributed by atoms with Gasteiger partial charge in [-0.25, -0.2) is 0 Å². The Kier molecular flexibility index (Phi) is 4.20. The van der Waals surface area contributed by atoms with Gasteiger partial charge in [0.1, 0.15) is 5.75 Å². The minimum Gasteiger partial charge on any atom is -0.508 e. The third kappa shape index (κ3) is 2.61. The van der Waals surface area contributed by atoms with Crippen molar-refractivity contribution < 1.29 is 9.84 Å². The van der Waals surface area contributed by atoms with Crippen molar-refractivity contribution in [1.82, 2.24) is 5.32 Å². The highest BCUT2D eigenvalue weighted by Crippen LogP contribution is 2.19. The van der Waals surface area contributed by atoms with Crippen LogP contribution in [-0.2, 0) is 4.74 Å². The highest BCUT2D eigenvalue weighted by Gasteiger charge is 2.14. The van der Waals surface area contributed by atoms with E-state index in [-0.39, 0.29) is 18.4 Å². The molecule has 1 heterocycles. The summed E-state index contributed by atoms with van der Waals surface area (Å²) in [7, 11) is 0. The lowest BCUT2D eigenvalue weighted by Gasteiger charge is -2.24. The minimum absolute atomic E-state index is 0. The van der Waals surface area contributed by atoms with Crippen molar-refractivity contribution in [2.24, 2.45) is 0 Å². The van der Waals surface area contributed by atoms with Crippen molar-refractivity contribution in [3.63, 3.8) is 0 Å². The molecule has 0 spiro atoms. The summed E-state index contributed by atoms with van der Waals surface area (Å²) in [4.78, 5) is 0. The van der Waals surface area contributed by atoms with E-state index in [9.17, 15) is 5.11 Å². The molecular weight excluding hydrogens is 202 g/mol. The van der Waals surface area contributed by atoms with Gasteiger partial charge < -0.3 is 15.2 Å². The molecule has 14 heavy (non-hydrogen) atoms. The Morgan fingerprint density at radius 1 is 1.43 bits per heavy atom. The first kappa shape index (κ1) is 11.3. The molecule has 0 unspecified atom stereocenters. The predicted molar refractivity (Wildman–Crippen MR) is 56.9 cm³/mol. The highest BCUT2D eigenvalue weighted by atomic mass is 35.5.